The molecule has 1 aromatic heterocycles. The van der Waals surface area contributed by atoms with Crippen molar-refractivity contribution < 1.29 is 4.79 Å². The Morgan fingerprint density at radius 2 is 2.16 bits per heavy atom. The number of nitrogens with two attached hydrogens (primary N) is 1. The number of para-hydroxylation sites is 1. The molecule has 0 unspecified atom stereocenters. The lowest BCUT2D eigenvalue weighted by molar-refractivity contribution is 0.102. The highest BCUT2D eigenvalue weighted by molar-refractivity contribution is 6.06. The molecule has 19 heavy (non-hydrogen) atoms. The van der Waals surface area contributed by atoms with Gasteiger partial charge in [-0.3, -0.25) is 9.89 Å². The summed E-state index contributed by atoms with van der Waals surface area (Å²) < 4.78 is 0. The molecular weight excluding hydrogens is 240 g/mol. The lowest BCUT2D eigenvalue weighted by Gasteiger charge is -2.16. The van der Waals surface area contributed by atoms with Crippen molar-refractivity contribution >= 4 is 17.3 Å². The number of anilines is 2. The molecule has 2 aromatic rings. The molecular formula is C14H18N4O. The maximum absolute atomic E-state index is 12.2. The molecule has 1 heterocycles. The molecule has 0 spiro atoms. The van der Waals surface area contributed by atoms with E-state index in [4.69, 9.17) is 5.73 Å². The van der Waals surface area contributed by atoms with Crippen LogP contribution >= 0.6 is 0 Å². The standard InChI is InChI=1S/C14H18N4O/c1-8(2)10-6-4-5-9(3)12(10)17-14(19)13-11(15)7-16-18-13/h4-8H,15H2,1-3H3,(H,16,18)(H,17,19). The smallest absolute Gasteiger partial charge is 0.275 e. The maximum Gasteiger partial charge on any atom is 0.275 e. The molecule has 0 aliphatic carbocycles. The molecule has 0 aliphatic rings. The van der Waals surface area contributed by atoms with Crippen LogP contribution in [0.25, 0.3) is 0 Å². The van der Waals surface area contributed by atoms with Gasteiger partial charge < -0.3 is 11.1 Å². The highest BCUT2D eigenvalue weighted by atomic mass is 16.2. The lowest BCUT2D eigenvalue weighted by Crippen LogP contribution is -2.16. The average molecular weight is 258 g/mol. The van der Waals surface area contributed by atoms with Crippen LogP contribution in [0, 0.1) is 6.92 Å². The summed E-state index contributed by atoms with van der Waals surface area (Å²) >= 11 is 0. The van der Waals surface area contributed by atoms with Crippen molar-refractivity contribution in [2.24, 2.45) is 0 Å². The Labute approximate surface area is 112 Å². The first-order valence-electron chi connectivity index (χ1n) is 6.20. The number of hydrogen-bond donors (Lipinski definition) is 3. The second kappa shape index (κ2) is 5.14. The van der Waals surface area contributed by atoms with Gasteiger partial charge in [0.15, 0.2) is 0 Å². The highest BCUT2D eigenvalue weighted by Gasteiger charge is 2.16. The van der Waals surface area contributed by atoms with Gasteiger partial charge in [0.2, 0.25) is 0 Å². The first-order chi connectivity index (χ1) is 9.00. The Hall–Kier alpha value is -2.30. The monoisotopic (exact) mass is 258 g/mol. The van der Waals surface area contributed by atoms with E-state index in [0.717, 1.165) is 16.8 Å². The lowest BCUT2D eigenvalue weighted by atomic mass is 9.98. The third kappa shape index (κ3) is 2.59. The van der Waals surface area contributed by atoms with Crippen molar-refractivity contribution in [1.82, 2.24) is 10.2 Å². The van der Waals surface area contributed by atoms with E-state index in [-0.39, 0.29) is 11.6 Å². The van der Waals surface area contributed by atoms with Gasteiger partial charge in [0.1, 0.15) is 5.69 Å². The predicted molar refractivity (Wildman–Crippen MR) is 76.2 cm³/mol. The maximum atomic E-state index is 12.2. The van der Waals surface area contributed by atoms with Crippen molar-refractivity contribution in [1.29, 1.82) is 0 Å². The normalized spacial score (nSPS) is 10.7. The van der Waals surface area contributed by atoms with Gasteiger partial charge in [0.05, 0.1) is 11.9 Å². The fraction of sp³-hybridized carbons (Fsp3) is 0.286. The summed E-state index contributed by atoms with van der Waals surface area (Å²) in [6.07, 6.45) is 1.43. The number of carbonyl (C=O) groups excluding carboxylic acids is 1. The van der Waals surface area contributed by atoms with Crippen LogP contribution in [-0.2, 0) is 0 Å². The number of amides is 1. The minimum Gasteiger partial charge on any atom is -0.396 e. The van der Waals surface area contributed by atoms with Crippen LogP contribution < -0.4 is 11.1 Å². The van der Waals surface area contributed by atoms with E-state index in [2.05, 4.69) is 29.4 Å². The Bertz CT molecular complexity index is 601. The molecule has 1 amide bonds. The number of aromatic amines is 1. The minimum absolute atomic E-state index is 0.272. The zero-order valence-corrected chi connectivity index (χ0v) is 11.3. The van der Waals surface area contributed by atoms with Crippen LogP contribution in [-0.4, -0.2) is 16.1 Å². The summed E-state index contributed by atoms with van der Waals surface area (Å²) in [4.78, 5) is 12.2. The summed E-state index contributed by atoms with van der Waals surface area (Å²) in [6, 6.07) is 5.98. The van der Waals surface area contributed by atoms with Gasteiger partial charge in [-0.2, -0.15) is 5.10 Å². The van der Waals surface area contributed by atoms with Crippen LogP contribution in [0.5, 0.6) is 0 Å². The Kier molecular flexibility index (Phi) is 3.55. The van der Waals surface area contributed by atoms with Crippen LogP contribution in [0.3, 0.4) is 0 Å². The number of rotatable bonds is 3. The van der Waals surface area contributed by atoms with Gasteiger partial charge in [-0.05, 0) is 24.0 Å². The van der Waals surface area contributed by atoms with E-state index >= 15 is 0 Å². The number of H-pyrrole nitrogens is 1. The largest absolute Gasteiger partial charge is 0.396 e. The number of aryl methyl sites for hydroxylation is 1. The molecule has 100 valence electrons. The average Bonchev–Trinajstić information content (AvgIpc) is 2.77. The van der Waals surface area contributed by atoms with E-state index < -0.39 is 0 Å². The first kappa shape index (κ1) is 13.1. The van der Waals surface area contributed by atoms with Crippen molar-refractivity contribution in [2.45, 2.75) is 26.7 Å². The Morgan fingerprint density at radius 1 is 1.42 bits per heavy atom. The summed E-state index contributed by atoms with van der Waals surface area (Å²) in [7, 11) is 0. The number of carbonyl (C=O) groups is 1. The van der Waals surface area contributed by atoms with Gasteiger partial charge in [0, 0.05) is 5.69 Å². The molecule has 0 saturated heterocycles. The zero-order valence-electron chi connectivity index (χ0n) is 11.3. The van der Waals surface area contributed by atoms with Crippen molar-refractivity contribution in [3.05, 3.63) is 41.2 Å². The molecule has 4 N–H and O–H groups in total. The third-order valence-electron chi connectivity index (χ3n) is 3.06. The topological polar surface area (TPSA) is 83.8 Å². The number of nitrogens with one attached hydrogen (secondary N) is 2. The van der Waals surface area contributed by atoms with Crippen LogP contribution in [0.1, 0.15) is 41.4 Å². The molecule has 5 heteroatoms. The first-order valence-corrected chi connectivity index (χ1v) is 6.20. The quantitative estimate of drug-likeness (QED) is 0.791. The summed E-state index contributed by atoms with van der Waals surface area (Å²) in [5, 5.41) is 9.27. The summed E-state index contributed by atoms with van der Waals surface area (Å²) in [5.41, 5.74) is 9.28. The molecule has 0 atom stereocenters. The minimum atomic E-state index is -0.272. The Balaban J connectivity index is 2.34. The van der Waals surface area contributed by atoms with E-state index in [9.17, 15) is 4.79 Å². The fourth-order valence-corrected chi connectivity index (χ4v) is 2.00. The molecule has 0 radical (unpaired) electrons. The van der Waals surface area contributed by atoms with E-state index in [1.54, 1.807) is 0 Å². The Morgan fingerprint density at radius 3 is 2.74 bits per heavy atom. The van der Waals surface area contributed by atoms with Gasteiger partial charge in [-0.15, -0.1) is 0 Å². The van der Waals surface area contributed by atoms with E-state index in [1.165, 1.54) is 6.20 Å². The molecule has 0 aliphatic heterocycles. The van der Waals surface area contributed by atoms with Crippen LogP contribution in [0.4, 0.5) is 11.4 Å². The molecule has 0 saturated carbocycles. The number of benzene rings is 1. The molecule has 2 rings (SSSR count). The molecule has 0 fully saturated rings. The van der Waals surface area contributed by atoms with E-state index in [1.807, 2.05) is 25.1 Å². The van der Waals surface area contributed by atoms with Crippen molar-refractivity contribution in [3.63, 3.8) is 0 Å². The van der Waals surface area contributed by atoms with Crippen LogP contribution in [0.15, 0.2) is 24.4 Å². The number of aromatic nitrogens is 2. The van der Waals surface area contributed by atoms with Crippen molar-refractivity contribution in [2.75, 3.05) is 11.1 Å². The second-order valence-electron chi connectivity index (χ2n) is 4.85. The summed E-state index contributed by atoms with van der Waals surface area (Å²) in [6.45, 7) is 6.15. The number of hydrogen-bond acceptors (Lipinski definition) is 3. The number of nitrogens with zero attached hydrogens (tertiary/aromatic N) is 1. The SMILES string of the molecule is Cc1cccc(C(C)C)c1NC(=O)c1[nH]ncc1N. The molecule has 1 aromatic carbocycles. The number of nitrogen functional groups attached to an aromatic ring is 1. The van der Waals surface area contributed by atoms with Gasteiger partial charge in [-0.25, -0.2) is 0 Å². The summed E-state index contributed by atoms with van der Waals surface area (Å²) in [5.74, 6) is 0.0560. The zero-order chi connectivity index (χ0) is 14.0. The molecule has 0 bridgehead atoms. The van der Waals surface area contributed by atoms with Crippen molar-refractivity contribution in [3.8, 4) is 0 Å². The van der Waals surface area contributed by atoms with Gasteiger partial charge >= 0.3 is 0 Å². The second-order valence-corrected chi connectivity index (χ2v) is 4.85. The van der Waals surface area contributed by atoms with E-state index in [0.29, 0.717) is 11.6 Å². The fourth-order valence-electron chi connectivity index (χ4n) is 2.00. The predicted octanol–water partition coefficient (Wildman–Crippen LogP) is 2.68. The third-order valence-corrected chi connectivity index (χ3v) is 3.06. The highest BCUT2D eigenvalue weighted by Crippen LogP contribution is 2.28. The molecule has 5 nitrogen and oxygen atoms in total. The van der Waals surface area contributed by atoms with Gasteiger partial charge in [0.25, 0.3) is 5.91 Å². The van der Waals surface area contributed by atoms with Gasteiger partial charge in [-0.1, -0.05) is 32.0 Å². The van der Waals surface area contributed by atoms with Crippen LogP contribution in [0.2, 0.25) is 0 Å².